The molecule has 0 saturated heterocycles. The Kier molecular flexibility index (Phi) is 5.44. The fourth-order valence-electron chi connectivity index (χ4n) is 2.34. The molecule has 0 fully saturated rings. The molecule has 1 N–H and O–H groups in total. The molecule has 0 spiro atoms. The summed E-state index contributed by atoms with van der Waals surface area (Å²) in [4.78, 5) is 12.3. The van der Waals surface area contributed by atoms with Crippen molar-refractivity contribution in [3.63, 3.8) is 0 Å². The van der Waals surface area contributed by atoms with E-state index in [1.807, 2.05) is 51.1 Å². The Morgan fingerprint density at radius 2 is 1.58 bits per heavy atom. The summed E-state index contributed by atoms with van der Waals surface area (Å²) in [6, 6.07) is 13.0. The van der Waals surface area contributed by atoms with Crippen LogP contribution in [0.4, 0.5) is 5.69 Å². The first-order valence-corrected chi connectivity index (χ1v) is 9.56. The van der Waals surface area contributed by atoms with Crippen LogP contribution in [0.25, 0.3) is 0 Å². The van der Waals surface area contributed by atoms with Crippen LogP contribution in [0.15, 0.2) is 42.5 Å². The van der Waals surface area contributed by atoms with Gasteiger partial charge in [0.1, 0.15) is 5.25 Å². The van der Waals surface area contributed by atoms with Crippen molar-refractivity contribution in [2.45, 2.75) is 38.7 Å². The Labute approximate surface area is 143 Å². The molecule has 0 radical (unpaired) electrons. The molecule has 0 aliphatic carbocycles. The van der Waals surface area contributed by atoms with Crippen molar-refractivity contribution in [2.75, 3.05) is 5.32 Å². The molecule has 2 rings (SSSR count). The van der Waals surface area contributed by atoms with Crippen molar-refractivity contribution in [2.24, 2.45) is 0 Å². The normalized spacial score (nSPS) is 12.7. The van der Waals surface area contributed by atoms with Gasteiger partial charge in [0, 0.05) is 5.69 Å². The lowest BCUT2D eigenvalue weighted by atomic mass is 10.1. The lowest BCUT2D eigenvalue weighted by Gasteiger charge is -2.15. The lowest BCUT2D eigenvalue weighted by molar-refractivity contribution is -0.115. The molecule has 0 saturated carbocycles. The standard InChI is InChI=1S/C19H23NO3S/c1-13-6-9-18(10-7-13)20-19(21)16(4)24(22,23)12-17-11-14(2)5-8-15(17)3/h5-11,16H,12H2,1-4H3,(H,20,21)/t16-/m1/s1. The maximum absolute atomic E-state index is 12.6. The monoisotopic (exact) mass is 345 g/mol. The highest BCUT2D eigenvalue weighted by atomic mass is 32.2. The van der Waals surface area contributed by atoms with Crippen LogP contribution in [0.3, 0.4) is 0 Å². The summed E-state index contributed by atoms with van der Waals surface area (Å²) < 4.78 is 25.2. The molecule has 1 atom stereocenters. The minimum absolute atomic E-state index is 0.136. The summed E-state index contributed by atoms with van der Waals surface area (Å²) in [6.07, 6.45) is 0. The van der Waals surface area contributed by atoms with Crippen molar-refractivity contribution < 1.29 is 13.2 Å². The van der Waals surface area contributed by atoms with E-state index >= 15 is 0 Å². The predicted molar refractivity (Wildman–Crippen MR) is 97.8 cm³/mol. The van der Waals surface area contributed by atoms with E-state index in [9.17, 15) is 13.2 Å². The van der Waals surface area contributed by atoms with Crippen molar-refractivity contribution >= 4 is 21.4 Å². The number of nitrogens with one attached hydrogen (secondary N) is 1. The molecule has 0 aliphatic heterocycles. The van der Waals surface area contributed by atoms with E-state index in [0.717, 1.165) is 22.3 Å². The van der Waals surface area contributed by atoms with Crippen molar-refractivity contribution in [1.82, 2.24) is 0 Å². The van der Waals surface area contributed by atoms with Crippen LogP contribution in [0.2, 0.25) is 0 Å². The van der Waals surface area contributed by atoms with E-state index in [-0.39, 0.29) is 5.75 Å². The van der Waals surface area contributed by atoms with Crippen LogP contribution in [-0.4, -0.2) is 19.6 Å². The van der Waals surface area contributed by atoms with E-state index in [2.05, 4.69) is 5.32 Å². The zero-order valence-electron chi connectivity index (χ0n) is 14.5. The summed E-state index contributed by atoms with van der Waals surface area (Å²) in [5.41, 5.74) is 4.32. The van der Waals surface area contributed by atoms with Crippen LogP contribution in [-0.2, 0) is 20.4 Å². The Morgan fingerprint density at radius 1 is 1.00 bits per heavy atom. The Bertz CT molecular complexity index is 839. The van der Waals surface area contributed by atoms with Crippen LogP contribution in [0, 0.1) is 20.8 Å². The predicted octanol–water partition coefficient (Wildman–Crippen LogP) is 3.55. The van der Waals surface area contributed by atoms with E-state index in [0.29, 0.717) is 5.69 Å². The molecule has 0 aliphatic rings. The number of hydrogen-bond donors (Lipinski definition) is 1. The first-order chi connectivity index (χ1) is 11.2. The first kappa shape index (κ1) is 18.2. The molecular formula is C19H23NO3S. The number of benzene rings is 2. The van der Waals surface area contributed by atoms with Gasteiger partial charge in [0.15, 0.2) is 9.84 Å². The number of amides is 1. The third-order valence-corrected chi connectivity index (χ3v) is 6.09. The number of hydrogen-bond acceptors (Lipinski definition) is 3. The maximum Gasteiger partial charge on any atom is 0.242 e. The van der Waals surface area contributed by atoms with Gasteiger partial charge in [0.2, 0.25) is 5.91 Å². The van der Waals surface area contributed by atoms with Crippen LogP contribution in [0.1, 0.15) is 29.2 Å². The number of rotatable bonds is 5. The topological polar surface area (TPSA) is 63.2 Å². The summed E-state index contributed by atoms with van der Waals surface area (Å²) in [5, 5.41) is 1.56. The minimum Gasteiger partial charge on any atom is -0.325 e. The Morgan fingerprint density at radius 3 is 2.21 bits per heavy atom. The minimum atomic E-state index is -3.59. The van der Waals surface area contributed by atoms with Gasteiger partial charge in [-0.05, 0) is 51.0 Å². The third-order valence-electron chi connectivity index (χ3n) is 4.09. The summed E-state index contributed by atoms with van der Waals surface area (Å²) in [5.74, 6) is -0.646. The van der Waals surface area contributed by atoms with Crippen LogP contribution < -0.4 is 5.32 Å². The summed E-state index contributed by atoms with van der Waals surface area (Å²) in [6.45, 7) is 7.18. The van der Waals surface area contributed by atoms with Gasteiger partial charge in [0.05, 0.1) is 5.75 Å². The SMILES string of the molecule is Cc1ccc(NC(=O)[C@@H](C)S(=O)(=O)Cc2cc(C)ccc2C)cc1. The van der Waals surface area contributed by atoms with Crippen molar-refractivity contribution in [3.8, 4) is 0 Å². The highest BCUT2D eigenvalue weighted by Crippen LogP contribution is 2.18. The van der Waals surface area contributed by atoms with E-state index in [4.69, 9.17) is 0 Å². The largest absolute Gasteiger partial charge is 0.325 e. The molecular weight excluding hydrogens is 322 g/mol. The third kappa shape index (κ3) is 4.45. The van der Waals surface area contributed by atoms with E-state index in [1.165, 1.54) is 6.92 Å². The molecule has 0 aromatic heterocycles. The second kappa shape index (κ2) is 7.18. The van der Waals surface area contributed by atoms with Crippen LogP contribution >= 0.6 is 0 Å². The number of carbonyl (C=O) groups is 1. The quantitative estimate of drug-likeness (QED) is 0.901. The van der Waals surface area contributed by atoms with E-state index in [1.54, 1.807) is 12.1 Å². The maximum atomic E-state index is 12.6. The first-order valence-electron chi connectivity index (χ1n) is 7.84. The second-order valence-electron chi connectivity index (χ2n) is 6.23. The van der Waals surface area contributed by atoms with Gasteiger partial charge < -0.3 is 5.32 Å². The zero-order chi connectivity index (χ0) is 17.9. The molecule has 0 heterocycles. The summed E-state index contributed by atoms with van der Waals surface area (Å²) >= 11 is 0. The van der Waals surface area contributed by atoms with Gasteiger partial charge in [-0.3, -0.25) is 4.79 Å². The highest BCUT2D eigenvalue weighted by molar-refractivity contribution is 7.92. The molecule has 0 unspecified atom stereocenters. The second-order valence-corrected chi connectivity index (χ2v) is 8.56. The molecule has 2 aromatic carbocycles. The van der Waals surface area contributed by atoms with Crippen LogP contribution in [0.5, 0.6) is 0 Å². The summed E-state index contributed by atoms with van der Waals surface area (Å²) in [7, 11) is -3.59. The molecule has 0 bridgehead atoms. The van der Waals surface area contributed by atoms with Gasteiger partial charge in [-0.2, -0.15) is 0 Å². The number of carbonyl (C=O) groups excluding carboxylic acids is 1. The molecule has 4 nitrogen and oxygen atoms in total. The van der Waals surface area contributed by atoms with Crippen molar-refractivity contribution in [1.29, 1.82) is 0 Å². The Hall–Kier alpha value is -2.14. The average Bonchev–Trinajstić information content (AvgIpc) is 2.52. The number of aryl methyl sites for hydroxylation is 3. The highest BCUT2D eigenvalue weighted by Gasteiger charge is 2.28. The van der Waals surface area contributed by atoms with E-state index < -0.39 is 21.0 Å². The molecule has 1 amide bonds. The number of sulfone groups is 1. The average molecular weight is 345 g/mol. The smallest absolute Gasteiger partial charge is 0.242 e. The molecule has 5 heteroatoms. The van der Waals surface area contributed by atoms with Gasteiger partial charge in [-0.25, -0.2) is 8.42 Å². The lowest BCUT2D eigenvalue weighted by Crippen LogP contribution is -2.33. The molecule has 2 aromatic rings. The number of anilines is 1. The fourth-order valence-corrected chi connectivity index (χ4v) is 3.72. The van der Waals surface area contributed by atoms with Gasteiger partial charge >= 0.3 is 0 Å². The van der Waals surface area contributed by atoms with Crippen molar-refractivity contribution in [3.05, 3.63) is 64.7 Å². The van der Waals surface area contributed by atoms with Gasteiger partial charge in [0.25, 0.3) is 0 Å². The fraction of sp³-hybridized carbons (Fsp3) is 0.316. The van der Waals surface area contributed by atoms with Gasteiger partial charge in [-0.15, -0.1) is 0 Å². The molecule has 24 heavy (non-hydrogen) atoms. The Balaban J connectivity index is 2.14. The molecule has 128 valence electrons. The zero-order valence-corrected chi connectivity index (χ0v) is 15.3. The van der Waals surface area contributed by atoms with Gasteiger partial charge in [-0.1, -0.05) is 41.5 Å².